The molecule has 0 spiro atoms. The molecule has 1 heterocycles. The molecular formula is C27H25N3O4. The Hall–Kier alpha value is -4.39. The number of methoxy groups -OCH3 is 1. The van der Waals surface area contributed by atoms with Gasteiger partial charge in [0.25, 0.3) is 11.5 Å². The minimum absolute atomic E-state index is 0.0585. The smallest absolute Gasteiger partial charge is 0.274 e. The number of fused-ring (bicyclic) bond motifs is 1. The zero-order valence-electron chi connectivity index (χ0n) is 19.0. The minimum atomic E-state index is -0.473. The van der Waals surface area contributed by atoms with E-state index in [1.54, 1.807) is 42.5 Å². The fraction of sp³-hybridized carbons (Fsp3) is 0.148. The van der Waals surface area contributed by atoms with Crippen LogP contribution in [0, 0.1) is 6.92 Å². The number of aromatic amines is 1. The molecule has 4 aromatic rings. The van der Waals surface area contributed by atoms with Gasteiger partial charge in [-0.25, -0.2) is 4.98 Å². The molecule has 3 N–H and O–H groups in total. The summed E-state index contributed by atoms with van der Waals surface area (Å²) >= 11 is 0. The van der Waals surface area contributed by atoms with E-state index in [0.717, 1.165) is 12.0 Å². The summed E-state index contributed by atoms with van der Waals surface area (Å²) in [4.78, 5) is 32.2. The number of aryl methyl sites for hydroxylation is 1. The number of benzene rings is 3. The van der Waals surface area contributed by atoms with Crippen LogP contribution in [0.15, 0.2) is 71.5 Å². The minimum Gasteiger partial charge on any atom is -0.507 e. The highest BCUT2D eigenvalue weighted by atomic mass is 16.5. The first kappa shape index (κ1) is 22.8. The van der Waals surface area contributed by atoms with Gasteiger partial charge in [-0.2, -0.15) is 0 Å². The lowest BCUT2D eigenvalue weighted by atomic mass is 10.1. The van der Waals surface area contributed by atoms with Crippen molar-refractivity contribution < 1.29 is 14.6 Å². The lowest BCUT2D eigenvalue weighted by Crippen LogP contribution is -2.25. The summed E-state index contributed by atoms with van der Waals surface area (Å²) in [7, 11) is 1.54. The topological polar surface area (TPSA) is 104 Å². The average molecular weight is 456 g/mol. The van der Waals surface area contributed by atoms with Crippen molar-refractivity contribution in [3.05, 3.63) is 105 Å². The fourth-order valence-corrected chi connectivity index (χ4v) is 3.62. The van der Waals surface area contributed by atoms with E-state index in [4.69, 9.17) is 4.74 Å². The van der Waals surface area contributed by atoms with Gasteiger partial charge in [-0.3, -0.25) is 9.59 Å². The molecule has 7 nitrogen and oxygen atoms in total. The van der Waals surface area contributed by atoms with Crippen LogP contribution < -0.4 is 15.6 Å². The number of carbonyl (C=O) groups is 1. The van der Waals surface area contributed by atoms with Crippen molar-refractivity contribution in [1.29, 1.82) is 0 Å². The van der Waals surface area contributed by atoms with Crippen molar-refractivity contribution >= 4 is 28.8 Å². The number of ether oxygens (including phenoxy) is 1. The summed E-state index contributed by atoms with van der Waals surface area (Å²) in [5.74, 6) is 0.249. The summed E-state index contributed by atoms with van der Waals surface area (Å²) in [6.07, 6.45) is 2.03. The van der Waals surface area contributed by atoms with E-state index in [1.165, 1.54) is 18.7 Å². The number of hydrogen-bond donors (Lipinski definition) is 3. The number of rotatable bonds is 7. The summed E-state index contributed by atoms with van der Waals surface area (Å²) in [5, 5.41) is 13.4. The van der Waals surface area contributed by atoms with Crippen LogP contribution in [-0.2, 0) is 6.42 Å². The maximum absolute atomic E-state index is 12.6. The summed E-state index contributed by atoms with van der Waals surface area (Å²) < 4.78 is 5.16. The molecule has 0 saturated carbocycles. The molecule has 7 heteroatoms. The van der Waals surface area contributed by atoms with Crippen molar-refractivity contribution in [3.63, 3.8) is 0 Å². The number of nitrogens with one attached hydrogen (secondary N) is 2. The van der Waals surface area contributed by atoms with Crippen molar-refractivity contribution in [1.82, 2.24) is 15.3 Å². The summed E-state index contributed by atoms with van der Waals surface area (Å²) in [6.45, 7) is 2.54. The van der Waals surface area contributed by atoms with E-state index >= 15 is 0 Å². The van der Waals surface area contributed by atoms with Gasteiger partial charge in [0, 0.05) is 23.7 Å². The van der Waals surface area contributed by atoms with Gasteiger partial charge in [0.1, 0.15) is 17.2 Å². The van der Waals surface area contributed by atoms with Gasteiger partial charge in [0.15, 0.2) is 0 Å². The average Bonchev–Trinajstić information content (AvgIpc) is 2.84. The number of aliphatic hydroxyl groups excluding tert-OH is 1. The first-order valence-electron chi connectivity index (χ1n) is 10.9. The van der Waals surface area contributed by atoms with E-state index in [2.05, 4.69) is 21.4 Å². The molecule has 1 amide bonds. The van der Waals surface area contributed by atoms with Crippen LogP contribution in [0.3, 0.4) is 0 Å². The van der Waals surface area contributed by atoms with Crippen molar-refractivity contribution in [2.45, 2.75) is 13.3 Å². The number of aliphatic hydroxyl groups is 1. The number of hydrogen-bond acceptors (Lipinski definition) is 5. The quantitative estimate of drug-likeness (QED) is 0.361. The first-order chi connectivity index (χ1) is 16.4. The highest BCUT2D eigenvalue weighted by Crippen LogP contribution is 2.20. The summed E-state index contributed by atoms with van der Waals surface area (Å²) in [5.41, 5.74) is 3.79. The van der Waals surface area contributed by atoms with Gasteiger partial charge in [-0.05, 0) is 49.2 Å². The molecule has 0 saturated heterocycles. The van der Waals surface area contributed by atoms with Crippen molar-refractivity contribution in [2.75, 3.05) is 13.7 Å². The predicted octanol–water partition coefficient (Wildman–Crippen LogP) is 4.27. The van der Waals surface area contributed by atoms with Crippen molar-refractivity contribution in [3.8, 4) is 5.75 Å². The predicted molar refractivity (Wildman–Crippen MR) is 133 cm³/mol. The molecule has 0 aliphatic heterocycles. The summed E-state index contributed by atoms with van der Waals surface area (Å²) in [6, 6.07) is 19.9. The number of nitrogens with zero attached hydrogens (tertiary/aromatic N) is 1. The monoisotopic (exact) mass is 455 g/mol. The molecule has 172 valence electrons. The molecule has 0 unspecified atom stereocenters. The normalized spacial score (nSPS) is 11.4. The van der Waals surface area contributed by atoms with Gasteiger partial charge >= 0.3 is 0 Å². The first-order valence-corrected chi connectivity index (χ1v) is 10.9. The van der Waals surface area contributed by atoms with Crippen LogP contribution in [-0.4, -0.2) is 34.6 Å². The zero-order chi connectivity index (χ0) is 24.1. The SMILES string of the molecule is COc1cccc(C(O)=Cc2nc3ccc(C(=O)NCCc4cccc(C)c4)cc3[nH]c2=O)c1. The molecule has 0 bridgehead atoms. The molecule has 0 atom stereocenters. The molecule has 0 fully saturated rings. The number of aromatic nitrogens is 2. The Morgan fingerprint density at radius 3 is 2.71 bits per heavy atom. The number of H-pyrrole nitrogens is 1. The molecular weight excluding hydrogens is 430 g/mol. The molecule has 0 aliphatic carbocycles. The lowest BCUT2D eigenvalue weighted by molar-refractivity contribution is 0.0954. The van der Waals surface area contributed by atoms with Crippen LogP contribution in [0.5, 0.6) is 5.75 Å². The Balaban J connectivity index is 1.50. The zero-order valence-corrected chi connectivity index (χ0v) is 19.0. The Morgan fingerprint density at radius 1 is 1.09 bits per heavy atom. The molecule has 0 radical (unpaired) electrons. The lowest BCUT2D eigenvalue weighted by Gasteiger charge is -2.07. The second-order valence-corrected chi connectivity index (χ2v) is 7.94. The molecule has 1 aromatic heterocycles. The molecule has 4 rings (SSSR count). The Bertz CT molecular complexity index is 1440. The standard InChI is InChI=1S/C27H25N3O4/c1-17-5-3-6-18(13-17)11-12-28-26(32)20-9-10-22-23(15-20)30-27(33)24(29-22)16-25(31)19-7-4-8-21(14-19)34-2/h3-10,13-16,31H,11-12H2,1-2H3,(H,28,32)(H,30,33). The fourth-order valence-electron chi connectivity index (χ4n) is 3.62. The number of amides is 1. The third-order valence-corrected chi connectivity index (χ3v) is 5.40. The van der Waals surface area contributed by atoms with Crippen LogP contribution >= 0.6 is 0 Å². The third kappa shape index (κ3) is 5.32. The van der Waals surface area contributed by atoms with Gasteiger partial charge in [0.2, 0.25) is 0 Å². The third-order valence-electron chi connectivity index (χ3n) is 5.40. The molecule has 3 aromatic carbocycles. The van der Waals surface area contributed by atoms with E-state index in [-0.39, 0.29) is 17.4 Å². The number of carbonyl (C=O) groups excluding carboxylic acids is 1. The van der Waals surface area contributed by atoms with Crippen LogP contribution in [0.4, 0.5) is 0 Å². The highest BCUT2D eigenvalue weighted by Gasteiger charge is 2.10. The van der Waals surface area contributed by atoms with E-state index in [9.17, 15) is 14.7 Å². The maximum Gasteiger partial charge on any atom is 0.274 e. The second-order valence-electron chi connectivity index (χ2n) is 7.94. The molecule has 34 heavy (non-hydrogen) atoms. The largest absolute Gasteiger partial charge is 0.507 e. The Morgan fingerprint density at radius 2 is 1.91 bits per heavy atom. The maximum atomic E-state index is 12.6. The van der Waals surface area contributed by atoms with Crippen LogP contribution in [0.2, 0.25) is 0 Å². The van der Waals surface area contributed by atoms with Gasteiger partial charge < -0.3 is 20.1 Å². The van der Waals surface area contributed by atoms with E-state index < -0.39 is 5.56 Å². The van der Waals surface area contributed by atoms with E-state index in [0.29, 0.717) is 34.5 Å². The van der Waals surface area contributed by atoms with Crippen LogP contribution in [0.25, 0.3) is 22.9 Å². The van der Waals surface area contributed by atoms with Crippen LogP contribution in [0.1, 0.15) is 32.7 Å². The molecule has 0 aliphatic rings. The van der Waals surface area contributed by atoms with Gasteiger partial charge in [-0.1, -0.05) is 42.0 Å². The Kier molecular flexibility index (Phi) is 6.73. The second kappa shape index (κ2) is 10.0. The van der Waals surface area contributed by atoms with Crippen molar-refractivity contribution in [2.24, 2.45) is 0 Å². The van der Waals surface area contributed by atoms with E-state index in [1.807, 2.05) is 25.1 Å². The van der Waals surface area contributed by atoms with Gasteiger partial charge in [0.05, 0.1) is 18.1 Å². The Labute approximate surface area is 196 Å². The highest BCUT2D eigenvalue weighted by molar-refractivity contribution is 5.97. The van der Waals surface area contributed by atoms with Gasteiger partial charge in [-0.15, -0.1) is 0 Å².